The van der Waals surface area contributed by atoms with Gasteiger partial charge in [0.2, 0.25) is 0 Å². The van der Waals surface area contributed by atoms with Gasteiger partial charge in [-0.05, 0) is 37.0 Å². The number of benzene rings is 1. The zero-order valence-corrected chi connectivity index (χ0v) is 11.6. The minimum Gasteiger partial charge on any atom is -0.357 e. The topological polar surface area (TPSA) is 50.8 Å². The van der Waals surface area contributed by atoms with E-state index in [0.717, 1.165) is 31.4 Å². The third-order valence-corrected chi connectivity index (χ3v) is 3.68. The van der Waals surface area contributed by atoms with E-state index in [0.29, 0.717) is 11.1 Å². The third-order valence-electron chi connectivity index (χ3n) is 3.68. The van der Waals surface area contributed by atoms with Crippen LogP contribution < -0.4 is 0 Å². The lowest BCUT2D eigenvalue weighted by molar-refractivity contribution is -0.0394. The van der Waals surface area contributed by atoms with Gasteiger partial charge in [-0.2, -0.15) is 10.4 Å². The first-order valence-electron chi connectivity index (χ1n) is 7.09. The van der Waals surface area contributed by atoms with E-state index in [-0.39, 0.29) is 18.5 Å². The summed E-state index contributed by atoms with van der Waals surface area (Å²) < 4.78 is 21.4. The van der Waals surface area contributed by atoms with E-state index >= 15 is 0 Å². The molecule has 2 aromatic rings. The monoisotopic (exact) mass is 285 g/mol. The summed E-state index contributed by atoms with van der Waals surface area (Å²) >= 11 is 0. The van der Waals surface area contributed by atoms with Crippen LogP contribution in [0.2, 0.25) is 0 Å². The first-order chi connectivity index (χ1) is 10.3. The van der Waals surface area contributed by atoms with Crippen molar-refractivity contribution < 1.29 is 9.13 Å². The molecule has 1 unspecified atom stereocenters. The van der Waals surface area contributed by atoms with Crippen LogP contribution in [-0.2, 0) is 11.2 Å². The van der Waals surface area contributed by atoms with Crippen LogP contribution in [-0.4, -0.2) is 16.4 Å². The highest BCUT2D eigenvalue weighted by Gasteiger charge is 2.17. The van der Waals surface area contributed by atoms with Gasteiger partial charge < -0.3 is 4.74 Å². The highest BCUT2D eigenvalue weighted by atomic mass is 19.1. The van der Waals surface area contributed by atoms with Gasteiger partial charge in [0, 0.05) is 23.9 Å². The maximum atomic E-state index is 14.0. The Labute approximate surface area is 122 Å². The number of ether oxygens (including phenoxy) is 1. The molecule has 1 saturated heterocycles. The van der Waals surface area contributed by atoms with Gasteiger partial charge in [-0.1, -0.05) is 6.07 Å². The van der Waals surface area contributed by atoms with Crippen LogP contribution in [0.15, 0.2) is 30.6 Å². The summed E-state index contributed by atoms with van der Waals surface area (Å²) in [6, 6.07) is 6.82. The average Bonchev–Trinajstić information content (AvgIpc) is 3.00. The smallest absolute Gasteiger partial charge is 0.150 e. The Kier molecular flexibility index (Phi) is 3.98. The Morgan fingerprint density at radius 1 is 1.43 bits per heavy atom. The number of halogens is 1. The van der Waals surface area contributed by atoms with Gasteiger partial charge in [0.25, 0.3) is 0 Å². The molecule has 0 spiro atoms. The van der Waals surface area contributed by atoms with E-state index in [1.165, 1.54) is 6.07 Å². The molecule has 1 fully saturated rings. The predicted octanol–water partition coefficient (Wildman–Crippen LogP) is 3.45. The highest BCUT2D eigenvalue weighted by Crippen LogP contribution is 2.27. The second-order valence-electron chi connectivity index (χ2n) is 5.18. The fourth-order valence-electron chi connectivity index (χ4n) is 2.56. The van der Waals surface area contributed by atoms with E-state index < -0.39 is 0 Å². The summed E-state index contributed by atoms with van der Waals surface area (Å²) in [7, 11) is 0. The molecule has 5 heteroatoms. The second kappa shape index (κ2) is 6.06. The van der Waals surface area contributed by atoms with Gasteiger partial charge in [-0.15, -0.1) is 0 Å². The van der Waals surface area contributed by atoms with Crippen LogP contribution >= 0.6 is 0 Å². The van der Waals surface area contributed by atoms with Crippen LogP contribution in [0, 0.1) is 17.1 Å². The Balaban J connectivity index is 1.88. The van der Waals surface area contributed by atoms with Crippen molar-refractivity contribution in [1.82, 2.24) is 9.78 Å². The minimum atomic E-state index is -0.305. The van der Waals surface area contributed by atoms with Gasteiger partial charge >= 0.3 is 0 Å². The molecule has 1 aromatic heterocycles. The van der Waals surface area contributed by atoms with Crippen molar-refractivity contribution in [1.29, 1.82) is 5.26 Å². The van der Waals surface area contributed by atoms with Crippen LogP contribution in [0.25, 0.3) is 11.1 Å². The van der Waals surface area contributed by atoms with Gasteiger partial charge in [0.1, 0.15) is 12.0 Å². The van der Waals surface area contributed by atoms with Crippen molar-refractivity contribution >= 4 is 0 Å². The van der Waals surface area contributed by atoms with Crippen molar-refractivity contribution in [2.45, 2.75) is 31.9 Å². The Morgan fingerprint density at radius 3 is 3.10 bits per heavy atom. The number of aromatic nitrogens is 2. The SMILES string of the molecule is N#CCc1ccc(F)c(-c2cnn(C3CCCCO3)c2)c1. The van der Waals surface area contributed by atoms with Gasteiger partial charge in [0.05, 0.1) is 18.7 Å². The fourth-order valence-corrected chi connectivity index (χ4v) is 2.56. The maximum Gasteiger partial charge on any atom is 0.150 e. The number of hydrogen-bond acceptors (Lipinski definition) is 3. The Morgan fingerprint density at radius 2 is 2.33 bits per heavy atom. The molecule has 1 atom stereocenters. The zero-order chi connectivity index (χ0) is 14.7. The fraction of sp³-hybridized carbons (Fsp3) is 0.375. The van der Waals surface area contributed by atoms with Crippen molar-refractivity contribution in [3.05, 3.63) is 42.0 Å². The van der Waals surface area contributed by atoms with Gasteiger partial charge in [0.15, 0.2) is 0 Å². The lowest BCUT2D eigenvalue weighted by Crippen LogP contribution is -2.18. The molecule has 0 saturated carbocycles. The molecule has 0 bridgehead atoms. The molecule has 0 N–H and O–H groups in total. The number of nitriles is 1. The number of nitrogens with zero attached hydrogens (tertiary/aromatic N) is 3. The quantitative estimate of drug-likeness (QED) is 0.867. The van der Waals surface area contributed by atoms with E-state index in [1.54, 1.807) is 23.0 Å². The minimum absolute atomic E-state index is 0.0575. The standard InChI is InChI=1S/C16H16FN3O/c17-15-5-4-12(6-7-18)9-14(15)13-10-19-20(11-13)16-3-1-2-8-21-16/h4-5,9-11,16H,1-3,6,8H2. The third kappa shape index (κ3) is 2.96. The number of rotatable bonds is 3. The van der Waals surface area contributed by atoms with Crippen LogP contribution in [0.3, 0.4) is 0 Å². The van der Waals surface area contributed by atoms with Crippen molar-refractivity contribution in [2.75, 3.05) is 6.61 Å². The van der Waals surface area contributed by atoms with Crippen LogP contribution in [0.4, 0.5) is 4.39 Å². The first-order valence-corrected chi connectivity index (χ1v) is 7.09. The van der Waals surface area contributed by atoms with Crippen LogP contribution in [0.1, 0.15) is 31.1 Å². The summed E-state index contributed by atoms with van der Waals surface area (Å²) in [5.41, 5.74) is 1.99. The largest absolute Gasteiger partial charge is 0.357 e. The van der Waals surface area contributed by atoms with E-state index in [1.807, 2.05) is 6.20 Å². The summed E-state index contributed by atoms with van der Waals surface area (Å²) in [6.45, 7) is 0.742. The molecule has 1 aliphatic rings. The Bertz CT molecular complexity index is 668. The Hall–Kier alpha value is -2.19. The lowest BCUT2D eigenvalue weighted by Gasteiger charge is -2.22. The molecule has 1 aromatic carbocycles. The lowest BCUT2D eigenvalue weighted by atomic mass is 10.0. The second-order valence-corrected chi connectivity index (χ2v) is 5.18. The summed E-state index contributed by atoms with van der Waals surface area (Å²) in [6.07, 6.45) is 6.79. The molecule has 0 radical (unpaired) electrons. The molecule has 0 aliphatic carbocycles. The number of hydrogen-bond donors (Lipinski definition) is 0. The molecule has 0 amide bonds. The average molecular weight is 285 g/mol. The predicted molar refractivity (Wildman–Crippen MR) is 75.8 cm³/mol. The van der Waals surface area contributed by atoms with Crippen molar-refractivity contribution in [2.24, 2.45) is 0 Å². The normalized spacial score (nSPS) is 18.4. The van der Waals surface area contributed by atoms with E-state index in [9.17, 15) is 4.39 Å². The van der Waals surface area contributed by atoms with E-state index in [2.05, 4.69) is 11.2 Å². The highest BCUT2D eigenvalue weighted by molar-refractivity contribution is 5.63. The van der Waals surface area contributed by atoms with Gasteiger partial charge in [-0.3, -0.25) is 0 Å². The zero-order valence-electron chi connectivity index (χ0n) is 11.6. The molecular weight excluding hydrogens is 269 g/mol. The van der Waals surface area contributed by atoms with Crippen molar-refractivity contribution in [3.63, 3.8) is 0 Å². The molecule has 1 aliphatic heterocycles. The van der Waals surface area contributed by atoms with Crippen molar-refractivity contribution in [3.8, 4) is 17.2 Å². The molecule has 2 heterocycles. The molecular formula is C16H16FN3O. The van der Waals surface area contributed by atoms with E-state index in [4.69, 9.17) is 10.00 Å². The van der Waals surface area contributed by atoms with Gasteiger partial charge in [-0.25, -0.2) is 9.07 Å². The molecule has 108 valence electrons. The molecule has 4 nitrogen and oxygen atoms in total. The summed E-state index contributed by atoms with van der Waals surface area (Å²) in [5.74, 6) is -0.305. The molecule has 21 heavy (non-hydrogen) atoms. The maximum absolute atomic E-state index is 14.0. The molecule has 3 rings (SSSR count). The first kappa shape index (κ1) is 13.8. The summed E-state index contributed by atoms with van der Waals surface area (Å²) in [4.78, 5) is 0. The summed E-state index contributed by atoms with van der Waals surface area (Å²) in [5, 5.41) is 13.0. The van der Waals surface area contributed by atoms with Crippen LogP contribution in [0.5, 0.6) is 0 Å².